The van der Waals surface area contributed by atoms with Crippen LogP contribution in [-0.4, -0.2) is 36.8 Å². The molecule has 0 rings (SSSR count). The van der Waals surface area contributed by atoms with Crippen LogP contribution >= 0.6 is 0 Å². The summed E-state index contributed by atoms with van der Waals surface area (Å²) in [5.74, 6) is -0.138. The average molecular weight is 404 g/mol. The van der Waals surface area contributed by atoms with Gasteiger partial charge in [-0.15, -0.1) is 0 Å². The Balaban J connectivity index is 6.15. The normalized spacial score (nSPS) is 16.1. The minimum Gasteiger partial charge on any atom is -0.517 e. The van der Waals surface area contributed by atoms with E-state index in [1.54, 1.807) is 0 Å². The summed E-state index contributed by atoms with van der Waals surface area (Å²) >= 11 is 0. The van der Waals surface area contributed by atoms with E-state index in [1.165, 1.54) is 0 Å². The first-order valence-electron chi connectivity index (χ1n) is 10.0. The minimum absolute atomic E-state index is 0.0755. The van der Waals surface area contributed by atoms with E-state index in [0.29, 0.717) is 25.2 Å². The summed E-state index contributed by atoms with van der Waals surface area (Å²) in [6.45, 7) is 26.7. The maximum absolute atomic E-state index is 13.6. The van der Waals surface area contributed by atoms with Crippen LogP contribution in [0.4, 0.5) is 0 Å². The summed E-state index contributed by atoms with van der Waals surface area (Å²) in [6.07, 6.45) is 0.650. The molecule has 0 saturated carbocycles. The lowest BCUT2D eigenvalue weighted by atomic mass is 10.1. The van der Waals surface area contributed by atoms with Gasteiger partial charge >= 0.3 is 9.28 Å². The lowest BCUT2D eigenvalue weighted by Crippen LogP contribution is -2.59. The molecule has 26 heavy (non-hydrogen) atoms. The third-order valence-corrected chi connectivity index (χ3v) is 14.6. The summed E-state index contributed by atoms with van der Waals surface area (Å²) in [5, 5.41) is -0.873. The Labute approximate surface area is 165 Å². The van der Waals surface area contributed by atoms with Crippen molar-refractivity contribution in [1.29, 1.82) is 0 Å². The van der Waals surface area contributed by atoms with Crippen molar-refractivity contribution in [2.45, 2.75) is 110 Å². The predicted molar refractivity (Wildman–Crippen MR) is 114 cm³/mol. The molecule has 0 aromatic heterocycles. The first-order chi connectivity index (χ1) is 11.7. The Hall–Kier alpha value is -0.176. The molecule has 0 amide bonds. The molecule has 0 fully saturated rings. The summed E-state index contributed by atoms with van der Waals surface area (Å²) in [4.78, 5) is 13.6. The molecule has 0 bridgehead atoms. The maximum Gasteiger partial charge on any atom is 0.402 e. The van der Waals surface area contributed by atoms with Gasteiger partial charge in [0.2, 0.25) is 0 Å². The maximum atomic E-state index is 13.6. The molecule has 0 aromatic carbocycles. The van der Waals surface area contributed by atoms with E-state index in [1.807, 2.05) is 27.7 Å². The molecule has 0 N–H and O–H groups in total. The Morgan fingerprint density at radius 3 is 1.50 bits per heavy atom. The molecule has 0 spiro atoms. The van der Waals surface area contributed by atoms with E-state index in [9.17, 15) is 4.79 Å². The molecule has 4 nitrogen and oxygen atoms in total. The van der Waals surface area contributed by atoms with Crippen LogP contribution in [0, 0.1) is 0 Å². The molecule has 0 aliphatic rings. The van der Waals surface area contributed by atoms with Crippen molar-refractivity contribution in [3.05, 3.63) is 0 Å². The first-order valence-corrected chi connectivity index (χ1v) is 13.3. The highest BCUT2D eigenvalue weighted by molar-refractivity contribution is 6.82. The molecule has 0 saturated heterocycles. The van der Waals surface area contributed by atoms with Gasteiger partial charge < -0.3 is 13.3 Å². The molecule has 1 unspecified atom stereocenters. The van der Waals surface area contributed by atoms with Crippen molar-refractivity contribution < 1.29 is 18.1 Å². The molecular formula is C20H43O4Si2. The molecule has 0 aromatic rings. The van der Waals surface area contributed by atoms with Crippen molar-refractivity contribution in [3.8, 4) is 0 Å². The van der Waals surface area contributed by atoms with Crippen LogP contribution < -0.4 is 0 Å². The zero-order valence-electron chi connectivity index (χ0n) is 19.3. The number of carbonyl (C=O) groups is 1. The van der Waals surface area contributed by atoms with E-state index < -0.39 is 22.6 Å². The Kier molecular flexibility index (Phi) is 9.28. The van der Waals surface area contributed by atoms with E-state index in [0.717, 1.165) is 0 Å². The SMILES string of the molecule is CCO[Si](OCC)C(C)(CC)C(=O)O[Si](C(C)C)(C(C)(C)C)C(C)(C)C. The lowest BCUT2D eigenvalue weighted by Gasteiger charge is -2.53. The Morgan fingerprint density at radius 2 is 1.27 bits per heavy atom. The van der Waals surface area contributed by atoms with Crippen molar-refractivity contribution in [1.82, 2.24) is 0 Å². The van der Waals surface area contributed by atoms with Gasteiger partial charge in [-0.3, -0.25) is 4.79 Å². The van der Waals surface area contributed by atoms with Crippen LogP contribution in [0.3, 0.4) is 0 Å². The topological polar surface area (TPSA) is 44.8 Å². The third-order valence-electron chi connectivity index (χ3n) is 5.45. The molecule has 6 heteroatoms. The van der Waals surface area contributed by atoms with E-state index in [2.05, 4.69) is 55.4 Å². The largest absolute Gasteiger partial charge is 0.517 e. The van der Waals surface area contributed by atoms with Gasteiger partial charge in [0.15, 0.2) is 0 Å². The van der Waals surface area contributed by atoms with Gasteiger partial charge in [-0.2, -0.15) is 0 Å². The van der Waals surface area contributed by atoms with E-state index >= 15 is 0 Å². The fourth-order valence-electron chi connectivity index (χ4n) is 4.53. The van der Waals surface area contributed by atoms with Gasteiger partial charge in [0.05, 0.1) is 0 Å². The van der Waals surface area contributed by atoms with Crippen molar-refractivity contribution >= 4 is 23.6 Å². The summed E-state index contributed by atoms with van der Waals surface area (Å²) < 4.78 is 18.4. The molecule has 0 aliphatic carbocycles. The molecule has 0 heterocycles. The van der Waals surface area contributed by atoms with E-state index in [-0.39, 0.29) is 16.0 Å². The van der Waals surface area contributed by atoms with Gasteiger partial charge in [-0.1, -0.05) is 62.3 Å². The smallest absolute Gasteiger partial charge is 0.402 e. The number of hydrogen-bond donors (Lipinski definition) is 0. The van der Waals surface area contributed by atoms with Crippen LogP contribution in [0.2, 0.25) is 20.7 Å². The van der Waals surface area contributed by atoms with Crippen molar-refractivity contribution in [2.24, 2.45) is 0 Å². The fraction of sp³-hybridized carbons (Fsp3) is 0.950. The monoisotopic (exact) mass is 403 g/mol. The quantitative estimate of drug-likeness (QED) is 0.429. The second-order valence-corrected chi connectivity index (χ2v) is 17.7. The Bertz CT molecular complexity index is 432. The van der Waals surface area contributed by atoms with Crippen LogP contribution in [0.25, 0.3) is 0 Å². The lowest BCUT2D eigenvalue weighted by molar-refractivity contribution is -0.140. The minimum atomic E-state index is -2.50. The number of rotatable bonds is 9. The predicted octanol–water partition coefficient (Wildman–Crippen LogP) is 6.22. The van der Waals surface area contributed by atoms with Gasteiger partial charge in [0.1, 0.15) is 5.04 Å². The van der Waals surface area contributed by atoms with Gasteiger partial charge in [0, 0.05) is 13.2 Å². The van der Waals surface area contributed by atoms with Crippen LogP contribution in [0.1, 0.15) is 89.5 Å². The molecular weight excluding hydrogens is 360 g/mol. The van der Waals surface area contributed by atoms with Crippen molar-refractivity contribution in [3.63, 3.8) is 0 Å². The third kappa shape index (κ3) is 5.00. The Morgan fingerprint density at radius 1 is 0.885 bits per heavy atom. The highest BCUT2D eigenvalue weighted by atomic mass is 28.4. The highest BCUT2D eigenvalue weighted by Gasteiger charge is 2.62. The van der Waals surface area contributed by atoms with Crippen molar-refractivity contribution in [2.75, 3.05) is 13.2 Å². The number of hydrogen-bond acceptors (Lipinski definition) is 4. The zero-order valence-corrected chi connectivity index (χ0v) is 21.3. The van der Waals surface area contributed by atoms with Crippen LogP contribution in [0.15, 0.2) is 0 Å². The van der Waals surface area contributed by atoms with E-state index in [4.69, 9.17) is 13.3 Å². The second kappa shape index (κ2) is 9.35. The average Bonchev–Trinajstić information content (AvgIpc) is 2.48. The zero-order chi connectivity index (χ0) is 21.0. The first kappa shape index (κ1) is 25.8. The summed E-state index contributed by atoms with van der Waals surface area (Å²) in [6, 6.07) is 0. The van der Waals surface area contributed by atoms with Gasteiger partial charge in [-0.25, -0.2) is 0 Å². The number of carbonyl (C=O) groups excluding carboxylic acids is 1. The fourth-order valence-corrected chi connectivity index (χ4v) is 13.5. The molecule has 0 aliphatic heterocycles. The van der Waals surface area contributed by atoms with Crippen LogP contribution in [0.5, 0.6) is 0 Å². The van der Waals surface area contributed by atoms with Gasteiger partial charge in [-0.05, 0) is 42.8 Å². The summed E-state index contributed by atoms with van der Waals surface area (Å²) in [5.41, 5.74) is 0.308. The molecule has 1 atom stereocenters. The second-order valence-electron chi connectivity index (χ2n) is 9.62. The summed E-state index contributed by atoms with van der Waals surface area (Å²) in [7, 11) is -4.27. The van der Waals surface area contributed by atoms with Crippen LogP contribution in [-0.2, 0) is 18.1 Å². The highest BCUT2D eigenvalue weighted by Crippen LogP contribution is 2.58. The van der Waals surface area contributed by atoms with Gasteiger partial charge in [0.25, 0.3) is 14.3 Å². The standard InChI is InChI=1S/C20H43O4Si2/c1-13-20(12,25(22-14-2)23-15-3)17(21)24-26(16(4)5,18(6,7)8)19(9,10)11/h16H,13-15H2,1-12H3. The molecule has 155 valence electrons. The molecule has 1 radical (unpaired) electrons.